The Morgan fingerprint density at radius 1 is 0.870 bits per heavy atom. The molecular formula is C21H35FO. The topological polar surface area (TPSA) is 20.2 Å². The largest absolute Gasteiger partial charge is 0.393 e. The average molecular weight is 323 g/mol. The molecule has 1 aromatic carbocycles. The lowest BCUT2D eigenvalue weighted by Gasteiger charge is -2.09. The summed E-state index contributed by atoms with van der Waals surface area (Å²) >= 11 is 0. The molecule has 0 amide bonds. The Hall–Kier alpha value is -0.890. The maximum atomic E-state index is 14.1. The molecule has 1 aromatic rings. The Bertz CT molecular complexity index is 416. The van der Waals surface area contributed by atoms with Crippen LogP contribution >= 0.6 is 0 Å². The summed E-state index contributed by atoms with van der Waals surface area (Å²) in [6.07, 6.45) is 12.5. The van der Waals surface area contributed by atoms with E-state index in [1.54, 1.807) is 6.07 Å². The van der Waals surface area contributed by atoms with Crippen molar-refractivity contribution in [1.29, 1.82) is 0 Å². The Morgan fingerprint density at radius 2 is 1.61 bits per heavy atom. The number of benzene rings is 1. The number of aliphatic hydroxyl groups excluding tert-OH is 1. The van der Waals surface area contributed by atoms with Crippen molar-refractivity contribution in [2.45, 2.75) is 97.0 Å². The lowest BCUT2D eigenvalue weighted by Crippen LogP contribution is -2.05. The van der Waals surface area contributed by atoms with Gasteiger partial charge < -0.3 is 5.11 Å². The predicted octanol–water partition coefficient (Wildman–Crippen LogP) is 6.21. The molecule has 0 fully saturated rings. The van der Waals surface area contributed by atoms with Gasteiger partial charge in [-0.3, -0.25) is 0 Å². The van der Waals surface area contributed by atoms with Crippen molar-refractivity contribution in [2.24, 2.45) is 0 Å². The molecule has 0 saturated heterocycles. The van der Waals surface area contributed by atoms with Crippen LogP contribution < -0.4 is 0 Å². The van der Waals surface area contributed by atoms with Crippen LogP contribution in [0.25, 0.3) is 0 Å². The zero-order chi connectivity index (χ0) is 16.9. The van der Waals surface area contributed by atoms with Crippen molar-refractivity contribution in [3.63, 3.8) is 0 Å². The fourth-order valence-corrected chi connectivity index (χ4v) is 3.05. The second-order valence-electron chi connectivity index (χ2n) is 6.78. The number of aliphatic hydroxyl groups is 1. The summed E-state index contributed by atoms with van der Waals surface area (Å²) in [5.41, 5.74) is 1.95. The van der Waals surface area contributed by atoms with Crippen molar-refractivity contribution < 1.29 is 9.50 Å². The van der Waals surface area contributed by atoms with E-state index in [0.29, 0.717) is 0 Å². The Morgan fingerprint density at radius 3 is 2.30 bits per heavy atom. The number of hydrogen-bond acceptors (Lipinski definition) is 1. The lowest BCUT2D eigenvalue weighted by atomic mass is 10.00. The highest BCUT2D eigenvalue weighted by atomic mass is 19.1. The zero-order valence-corrected chi connectivity index (χ0v) is 15.1. The van der Waals surface area contributed by atoms with E-state index in [1.807, 2.05) is 6.07 Å². The molecule has 0 spiro atoms. The monoisotopic (exact) mass is 322 g/mol. The molecule has 1 nitrogen and oxygen atoms in total. The van der Waals surface area contributed by atoms with Crippen LogP contribution in [0.1, 0.15) is 89.2 Å². The molecule has 1 atom stereocenters. The summed E-state index contributed by atoms with van der Waals surface area (Å²) in [5, 5.41) is 9.70. The molecule has 0 bridgehead atoms. The average Bonchev–Trinajstić information content (AvgIpc) is 2.53. The molecule has 0 aliphatic carbocycles. The third-order valence-electron chi connectivity index (χ3n) is 4.54. The van der Waals surface area contributed by atoms with E-state index in [9.17, 15) is 9.50 Å². The maximum Gasteiger partial charge on any atom is 0.126 e. The summed E-state index contributed by atoms with van der Waals surface area (Å²) in [6, 6.07) is 5.77. The predicted molar refractivity (Wildman–Crippen MR) is 97.3 cm³/mol. The third-order valence-corrected chi connectivity index (χ3v) is 4.54. The minimum atomic E-state index is -0.181. The van der Waals surface area contributed by atoms with E-state index in [0.717, 1.165) is 62.5 Å². The highest BCUT2D eigenvalue weighted by Crippen LogP contribution is 2.17. The van der Waals surface area contributed by atoms with Gasteiger partial charge in [0.2, 0.25) is 0 Å². The first-order valence-corrected chi connectivity index (χ1v) is 9.62. The maximum absolute atomic E-state index is 14.1. The fraction of sp³-hybridized carbons (Fsp3) is 0.714. The van der Waals surface area contributed by atoms with Crippen LogP contribution in [0.4, 0.5) is 4.39 Å². The molecule has 0 aromatic heterocycles. The van der Waals surface area contributed by atoms with Crippen molar-refractivity contribution >= 4 is 0 Å². The molecular weight excluding hydrogens is 287 g/mol. The first kappa shape index (κ1) is 20.2. The van der Waals surface area contributed by atoms with Crippen LogP contribution in [0.2, 0.25) is 0 Å². The smallest absolute Gasteiger partial charge is 0.126 e. The molecule has 2 heteroatoms. The first-order chi connectivity index (χ1) is 11.2. The van der Waals surface area contributed by atoms with Crippen molar-refractivity contribution in [2.75, 3.05) is 0 Å². The van der Waals surface area contributed by atoms with Crippen LogP contribution in [-0.4, -0.2) is 11.2 Å². The van der Waals surface area contributed by atoms with Gasteiger partial charge in [0, 0.05) is 0 Å². The summed E-state index contributed by atoms with van der Waals surface area (Å²) in [7, 11) is 0. The van der Waals surface area contributed by atoms with Crippen molar-refractivity contribution in [1.82, 2.24) is 0 Å². The van der Waals surface area contributed by atoms with Crippen LogP contribution in [0, 0.1) is 5.82 Å². The number of aryl methyl sites for hydroxylation is 2. The third kappa shape index (κ3) is 9.10. The van der Waals surface area contributed by atoms with Crippen molar-refractivity contribution in [3.8, 4) is 0 Å². The van der Waals surface area contributed by atoms with Gasteiger partial charge in [0.15, 0.2) is 0 Å². The second kappa shape index (κ2) is 12.5. The van der Waals surface area contributed by atoms with E-state index >= 15 is 0 Å². The molecule has 0 heterocycles. The molecule has 0 aliphatic heterocycles. The van der Waals surface area contributed by atoms with Crippen LogP contribution in [0.5, 0.6) is 0 Å². The number of hydrogen-bond donors (Lipinski definition) is 1. The molecule has 0 aliphatic rings. The minimum absolute atomic E-state index is 0.0508. The van der Waals surface area contributed by atoms with Gasteiger partial charge in [-0.15, -0.1) is 0 Å². The Labute approximate surface area is 142 Å². The van der Waals surface area contributed by atoms with Gasteiger partial charge in [-0.1, -0.05) is 64.5 Å². The van der Waals surface area contributed by atoms with Gasteiger partial charge in [-0.25, -0.2) is 4.39 Å². The highest BCUT2D eigenvalue weighted by molar-refractivity contribution is 5.24. The van der Waals surface area contributed by atoms with E-state index in [4.69, 9.17) is 0 Å². The van der Waals surface area contributed by atoms with Gasteiger partial charge in [0.05, 0.1) is 6.10 Å². The first-order valence-electron chi connectivity index (χ1n) is 9.62. The van der Waals surface area contributed by atoms with E-state index in [-0.39, 0.29) is 11.9 Å². The Kier molecular flexibility index (Phi) is 11.0. The second-order valence-corrected chi connectivity index (χ2v) is 6.78. The fourth-order valence-electron chi connectivity index (χ4n) is 3.05. The number of unbranched alkanes of at least 4 members (excludes halogenated alkanes) is 5. The minimum Gasteiger partial charge on any atom is -0.393 e. The van der Waals surface area contributed by atoms with Gasteiger partial charge >= 0.3 is 0 Å². The quantitative estimate of drug-likeness (QED) is 0.428. The highest BCUT2D eigenvalue weighted by Gasteiger charge is 2.06. The SMILES string of the molecule is CCCCCCCc1ccc(CCCCC(O)CCC)c(F)c1. The van der Waals surface area contributed by atoms with E-state index in [1.165, 1.54) is 25.7 Å². The van der Waals surface area contributed by atoms with Crippen LogP contribution in [0.15, 0.2) is 18.2 Å². The summed E-state index contributed by atoms with van der Waals surface area (Å²) < 4.78 is 14.1. The number of halogens is 1. The van der Waals surface area contributed by atoms with Gasteiger partial charge in [0.25, 0.3) is 0 Å². The zero-order valence-electron chi connectivity index (χ0n) is 15.1. The van der Waals surface area contributed by atoms with Crippen molar-refractivity contribution in [3.05, 3.63) is 35.1 Å². The normalized spacial score (nSPS) is 12.5. The standard InChI is InChI=1S/C21H35FO/c1-3-5-6-7-8-12-18-15-16-19(21(22)17-18)13-9-10-14-20(23)11-4-2/h15-17,20,23H,3-14H2,1-2H3. The Balaban J connectivity index is 2.27. The molecule has 132 valence electrons. The summed E-state index contributed by atoms with van der Waals surface area (Å²) in [5.74, 6) is -0.0508. The summed E-state index contributed by atoms with van der Waals surface area (Å²) in [4.78, 5) is 0. The van der Waals surface area contributed by atoms with Crippen LogP contribution in [0.3, 0.4) is 0 Å². The molecule has 0 saturated carbocycles. The van der Waals surface area contributed by atoms with Crippen LogP contribution in [-0.2, 0) is 12.8 Å². The lowest BCUT2D eigenvalue weighted by molar-refractivity contribution is 0.150. The van der Waals surface area contributed by atoms with Gasteiger partial charge in [-0.05, 0) is 55.7 Å². The van der Waals surface area contributed by atoms with E-state index in [2.05, 4.69) is 19.9 Å². The molecule has 23 heavy (non-hydrogen) atoms. The molecule has 1 rings (SSSR count). The van der Waals surface area contributed by atoms with E-state index < -0.39 is 0 Å². The number of rotatable bonds is 13. The molecule has 0 radical (unpaired) electrons. The van der Waals surface area contributed by atoms with Gasteiger partial charge in [0.1, 0.15) is 5.82 Å². The van der Waals surface area contributed by atoms with Gasteiger partial charge in [-0.2, -0.15) is 0 Å². The molecule has 1 unspecified atom stereocenters. The summed E-state index contributed by atoms with van der Waals surface area (Å²) in [6.45, 7) is 4.31. The molecule has 1 N–H and O–H groups in total.